The zero-order valence-electron chi connectivity index (χ0n) is 10.2. The minimum Gasteiger partial charge on any atom is -0.291 e. The Bertz CT molecular complexity index is 556. The van der Waals surface area contributed by atoms with Gasteiger partial charge in [0.15, 0.2) is 0 Å². The SMILES string of the molecule is Cn1c(C(F)(F)F)c(I)c(=O)n(C(C)(C)C)c1=O. The van der Waals surface area contributed by atoms with E-state index in [9.17, 15) is 22.8 Å². The highest BCUT2D eigenvalue weighted by atomic mass is 127. The van der Waals surface area contributed by atoms with Crippen LogP contribution in [-0.2, 0) is 18.8 Å². The average molecular weight is 376 g/mol. The molecule has 0 aliphatic rings. The number of hydrogen-bond donors (Lipinski definition) is 0. The van der Waals surface area contributed by atoms with Crippen molar-refractivity contribution < 1.29 is 13.2 Å². The summed E-state index contributed by atoms with van der Waals surface area (Å²) >= 11 is 1.33. The highest BCUT2D eigenvalue weighted by Gasteiger charge is 2.39. The lowest BCUT2D eigenvalue weighted by Gasteiger charge is -2.24. The van der Waals surface area contributed by atoms with Crippen molar-refractivity contribution in [2.45, 2.75) is 32.5 Å². The van der Waals surface area contributed by atoms with Gasteiger partial charge in [-0.15, -0.1) is 0 Å². The molecule has 18 heavy (non-hydrogen) atoms. The molecule has 0 bridgehead atoms. The van der Waals surface area contributed by atoms with Crippen molar-refractivity contribution in [2.24, 2.45) is 7.05 Å². The zero-order valence-corrected chi connectivity index (χ0v) is 12.4. The van der Waals surface area contributed by atoms with Crippen LogP contribution in [0.15, 0.2) is 9.59 Å². The first-order chi connectivity index (χ1) is 7.89. The van der Waals surface area contributed by atoms with Crippen LogP contribution in [0.1, 0.15) is 26.5 Å². The third-order valence-electron chi connectivity index (χ3n) is 2.35. The van der Waals surface area contributed by atoms with Gasteiger partial charge in [0.25, 0.3) is 5.56 Å². The Hall–Kier alpha value is -0.800. The van der Waals surface area contributed by atoms with Crippen LogP contribution in [0.25, 0.3) is 0 Å². The maximum atomic E-state index is 12.8. The molecule has 0 aliphatic heterocycles. The Morgan fingerprint density at radius 1 is 1.11 bits per heavy atom. The molecule has 0 N–H and O–H groups in total. The predicted molar refractivity (Wildman–Crippen MR) is 68.7 cm³/mol. The lowest BCUT2D eigenvalue weighted by molar-refractivity contribution is -0.145. The summed E-state index contributed by atoms with van der Waals surface area (Å²) in [5, 5.41) is 0. The first-order valence-electron chi connectivity index (χ1n) is 4.98. The first kappa shape index (κ1) is 15.3. The second kappa shape index (κ2) is 4.39. The van der Waals surface area contributed by atoms with Gasteiger partial charge in [-0.1, -0.05) is 0 Å². The molecule has 1 aromatic rings. The van der Waals surface area contributed by atoms with E-state index in [-0.39, 0.29) is 0 Å². The van der Waals surface area contributed by atoms with Crippen molar-refractivity contribution >= 4 is 22.6 Å². The molecular weight excluding hydrogens is 364 g/mol. The predicted octanol–water partition coefficient (Wildman–Crippen LogP) is 1.93. The van der Waals surface area contributed by atoms with E-state index in [1.165, 1.54) is 22.6 Å². The fourth-order valence-corrected chi connectivity index (χ4v) is 2.49. The molecule has 102 valence electrons. The van der Waals surface area contributed by atoms with Crippen LogP contribution in [0.5, 0.6) is 0 Å². The molecule has 0 saturated heterocycles. The Morgan fingerprint density at radius 2 is 1.56 bits per heavy atom. The van der Waals surface area contributed by atoms with E-state index in [2.05, 4.69) is 0 Å². The van der Waals surface area contributed by atoms with Crippen molar-refractivity contribution in [1.82, 2.24) is 9.13 Å². The van der Waals surface area contributed by atoms with E-state index in [4.69, 9.17) is 0 Å². The Kier molecular flexibility index (Phi) is 3.72. The van der Waals surface area contributed by atoms with E-state index in [0.29, 0.717) is 4.57 Å². The van der Waals surface area contributed by atoms with Crippen LogP contribution in [0.3, 0.4) is 0 Å². The molecule has 0 atom stereocenters. The summed E-state index contributed by atoms with van der Waals surface area (Å²) in [7, 11) is 1.01. The summed E-state index contributed by atoms with van der Waals surface area (Å²) in [6.07, 6.45) is -4.74. The van der Waals surface area contributed by atoms with Gasteiger partial charge < -0.3 is 0 Å². The summed E-state index contributed by atoms with van der Waals surface area (Å²) in [5.74, 6) is 0. The molecule has 0 aliphatic carbocycles. The smallest absolute Gasteiger partial charge is 0.291 e. The molecule has 4 nitrogen and oxygen atoms in total. The Labute approximate surface area is 115 Å². The van der Waals surface area contributed by atoms with Crippen molar-refractivity contribution in [2.75, 3.05) is 0 Å². The van der Waals surface area contributed by atoms with E-state index in [1.807, 2.05) is 0 Å². The minimum absolute atomic E-state index is 0.467. The normalized spacial score (nSPS) is 12.9. The standard InChI is InChI=1S/C10H12F3IN2O2/c1-9(2,3)16-7(17)5(14)6(10(11,12)13)15(4)8(16)18/h1-4H3. The quantitative estimate of drug-likeness (QED) is 0.650. The van der Waals surface area contributed by atoms with Crippen LogP contribution < -0.4 is 11.2 Å². The fourth-order valence-electron chi connectivity index (χ4n) is 1.59. The molecule has 1 heterocycles. The number of nitrogens with zero attached hydrogens (tertiary/aromatic N) is 2. The van der Waals surface area contributed by atoms with E-state index in [0.717, 1.165) is 11.6 Å². The van der Waals surface area contributed by atoms with Gasteiger partial charge in [0.05, 0.1) is 0 Å². The number of halogens is 4. The van der Waals surface area contributed by atoms with Crippen LogP contribution in [0, 0.1) is 3.57 Å². The van der Waals surface area contributed by atoms with Gasteiger partial charge >= 0.3 is 11.9 Å². The lowest BCUT2D eigenvalue weighted by Crippen LogP contribution is -2.50. The van der Waals surface area contributed by atoms with Crippen molar-refractivity contribution in [3.63, 3.8) is 0 Å². The largest absolute Gasteiger partial charge is 0.432 e. The van der Waals surface area contributed by atoms with Crippen molar-refractivity contribution in [3.8, 4) is 0 Å². The van der Waals surface area contributed by atoms with Gasteiger partial charge in [-0.05, 0) is 43.4 Å². The molecular formula is C10H12F3IN2O2. The Morgan fingerprint density at radius 3 is 1.89 bits per heavy atom. The first-order valence-corrected chi connectivity index (χ1v) is 6.06. The second-order valence-electron chi connectivity index (χ2n) is 4.81. The van der Waals surface area contributed by atoms with Gasteiger partial charge in [0.1, 0.15) is 9.26 Å². The van der Waals surface area contributed by atoms with Crippen LogP contribution >= 0.6 is 22.6 Å². The maximum Gasteiger partial charge on any atom is 0.432 e. The van der Waals surface area contributed by atoms with Crippen LogP contribution in [-0.4, -0.2) is 9.13 Å². The minimum atomic E-state index is -4.74. The van der Waals surface area contributed by atoms with Crippen LogP contribution in [0.2, 0.25) is 0 Å². The molecule has 0 unspecified atom stereocenters. The van der Waals surface area contributed by atoms with Gasteiger partial charge in [-0.3, -0.25) is 13.9 Å². The van der Waals surface area contributed by atoms with E-state index >= 15 is 0 Å². The maximum absolute atomic E-state index is 12.8. The van der Waals surface area contributed by atoms with Gasteiger partial charge in [0, 0.05) is 12.6 Å². The summed E-state index contributed by atoms with van der Waals surface area (Å²) in [5.41, 5.74) is -3.98. The van der Waals surface area contributed by atoms with Gasteiger partial charge in [-0.25, -0.2) is 4.79 Å². The molecule has 1 aromatic heterocycles. The highest BCUT2D eigenvalue weighted by molar-refractivity contribution is 14.1. The van der Waals surface area contributed by atoms with E-state index in [1.54, 1.807) is 20.8 Å². The topological polar surface area (TPSA) is 44.0 Å². The zero-order chi connectivity index (χ0) is 14.5. The van der Waals surface area contributed by atoms with Crippen molar-refractivity contribution in [1.29, 1.82) is 0 Å². The summed E-state index contributed by atoms with van der Waals surface area (Å²) in [6, 6.07) is 0. The molecule has 0 aromatic carbocycles. The molecule has 0 amide bonds. The number of hydrogen-bond acceptors (Lipinski definition) is 2. The molecule has 0 saturated carbocycles. The third-order valence-corrected chi connectivity index (χ3v) is 3.32. The molecule has 0 radical (unpaired) electrons. The molecule has 1 rings (SSSR count). The number of alkyl halides is 3. The number of rotatable bonds is 0. The molecule has 0 spiro atoms. The average Bonchev–Trinajstić information content (AvgIpc) is 2.10. The van der Waals surface area contributed by atoms with Gasteiger partial charge in [-0.2, -0.15) is 13.2 Å². The third kappa shape index (κ3) is 2.47. The van der Waals surface area contributed by atoms with E-state index < -0.39 is 32.2 Å². The second-order valence-corrected chi connectivity index (χ2v) is 5.89. The molecule has 0 fully saturated rings. The molecule has 8 heteroatoms. The highest BCUT2D eigenvalue weighted by Crippen LogP contribution is 2.30. The summed E-state index contributed by atoms with van der Waals surface area (Å²) in [4.78, 5) is 23.8. The summed E-state index contributed by atoms with van der Waals surface area (Å²) < 4.78 is 39.1. The number of aromatic nitrogens is 2. The van der Waals surface area contributed by atoms with Crippen LogP contribution in [0.4, 0.5) is 13.2 Å². The fraction of sp³-hybridized carbons (Fsp3) is 0.600. The monoisotopic (exact) mass is 376 g/mol. The van der Waals surface area contributed by atoms with Crippen molar-refractivity contribution in [3.05, 3.63) is 30.1 Å². The Balaban J connectivity index is 3.92. The lowest BCUT2D eigenvalue weighted by atomic mass is 10.1. The van der Waals surface area contributed by atoms with Gasteiger partial charge in [0.2, 0.25) is 0 Å². The summed E-state index contributed by atoms with van der Waals surface area (Å²) in [6.45, 7) is 4.75.